The number of carboxylic acids is 1. The predicted octanol–water partition coefficient (Wildman–Crippen LogP) is 2.52. The van der Waals surface area contributed by atoms with Gasteiger partial charge in [-0.1, -0.05) is 49.4 Å². The van der Waals surface area contributed by atoms with Crippen molar-refractivity contribution in [3.8, 4) is 0 Å². The molecule has 0 fully saturated rings. The summed E-state index contributed by atoms with van der Waals surface area (Å²) >= 11 is 0. The van der Waals surface area contributed by atoms with Crippen LogP contribution < -0.4 is 0 Å². The Hall–Kier alpha value is -2.18. The molecular weight excluding hydrogens is 314 g/mol. The van der Waals surface area contributed by atoms with E-state index in [-0.39, 0.29) is 11.4 Å². The van der Waals surface area contributed by atoms with Gasteiger partial charge in [-0.05, 0) is 29.7 Å². The molecule has 0 unspecified atom stereocenters. The van der Waals surface area contributed by atoms with Crippen LogP contribution in [0.3, 0.4) is 0 Å². The highest BCUT2D eigenvalue weighted by atomic mass is 32.2. The lowest BCUT2D eigenvalue weighted by Gasteiger charge is -2.20. The van der Waals surface area contributed by atoms with Crippen molar-refractivity contribution in [3.05, 3.63) is 65.7 Å². The summed E-state index contributed by atoms with van der Waals surface area (Å²) in [6.45, 7) is 1.42. The lowest BCUT2D eigenvalue weighted by atomic mass is 10.2. The summed E-state index contributed by atoms with van der Waals surface area (Å²) in [6.07, 6.45) is 0.809. The second-order valence-corrected chi connectivity index (χ2v) is 7.09. The van der Waals surface area contributed by atoms with E-state index < -0.39 is 22.5 Å². The van der Waals surface area contributed by atoms with Gasteiger partial charge in [0.25, 0.3) is 0 Å². The summed E-state index contributed by atoms with van der Waals surface area (Å²) in [4.78, 5) is 11.2. The van der Waals surface area contributed by atoms with Gasteiger partial charge < -0.3 is 5.11 Å². The fraction of sp³-hybridized carbons (Fsp3) is 0.235. The molecule has 122 valence electrons. The van der Waals surface area contributed by atoms with E-state index in [4.69, 9.17) is 5.11 Å². The van der Waals surface area contributed by atoms with Crippen LogP contribution in [0.5, 0.6) is 0 Å². The third-order valence-electron chi connectivity index (χ3n) is 3.48. The number of sulfonamides is 1. The van der Waals surface area contributed by atoms with Crippen LogP contribution in [-0.4, -0.2) is 30.3 Å². The fourth-order valence-electron chi connectivity index (χ4n) is 2.21. The molecule has 0 amide bonds. The number of nitrogens with zero attached hydrogens (tertiary/aromatic N) is 1. The van der Waals surface area contributed by atoms with Gasteiger partial charge >= 0.3 is 5.97 Å². The van der Waals surface area contributed by atoms with Crippen LogP contribution in [0.15, 0.2) is 59.5 Å². The van der Waals surface area contributed by atoms with E-state index in [0.29, 0.717) is 0 Å². The number of hydrogen-bond acceptors (Lipinski definition) is 3. The molecule has 1 N–H and O–H groups in total. The molecular formula is C17H19NO4S. The zero-order valence-electron chi connectivity index (χ0n) is 12.8. The molecule has 5 nitrogen and oxygen atoms in total. The zero-order valence-corrected chi connectivity index (χ0v) is 13.7. The second-order valence-electron chi connectivity index (χ2n) is 5.15. The Bertz CT molecular complexity index is 755. The Kier molecular flexibility index (Phi) is 5.52. The first kappa shape index (κ1) is 17.2. The van der Waals surface area contributed by atoms with Gasteiger partial charge in [-0.3, -0.25) is 4.79 Å². The van der Waals surface area contributed by atoms with Crippen molar-refractivity contribution >= 4 is 16.0 Å². The maximum atomic E-state index is 12.7. The maximum absolute atomic E-state index is 12.7. The van der Waals surface area contributed by atoms with Crippen molar-refractivity contribution in [1.82, 2.24) is 4.31 Å². The van der Waals surface area contributed by atoms with Gasteiger partial charge in [0.1, 0.15) is 6.54 Å². The molecule has 2 aromatic carbocycles. The van der Waals surface area contributed by atoms with Crippen molar-refractivity contribution < 1.29 is 18.3 Å². The summed E-state index contributed by atoms with van der Waals surface area (Å²) in [5.41, 5.74) is 1.76. The Morgan fingerprint density at radius 2 is 1.61 bits per heavy atom. The van der Waals surface area contributed by atoms with Crippen molar-refractivity contribution in [2.45, 2.75) is 24.8 Å². The third-order valence-corrected chi connectivity index (χ3v) is 5.29. The molecule has 0 bridgehead atoms. The second kappa shape index (κ2) is 7.39. The van der Waals surface area contributed by atoms with Crippen LogP contribution in [0.2, 0.25) is 0 Å². The molecule has 0 spiro atoms. The number of carbonyl (C=O) groups is 1. The standard InChI is InChI=1S/C17H19NO4S/c1-2-14-8-10-16(11-9-14)23(21,22)18(13-17(19)20)12-15-6-4-3-5-7-15/h3-11H,2,12-13H2,1H3,(H,19,20). The average molecular weight is 333 g/mol. The van der Waals surface area contributed by atoms with E-state index >= 15 is 0 Å². The summed E-state index contributed by atoms with van der Waals surface area (Å²) in [5, 5.41) is 9.05. The molecule has 0 aliphatic rings. The van der Waals surface area contributed by atoms with Crippen molar-refractivity contribution in [3.63, 3.8) is 0 Å². The largest absolute Gasteiger partial charge is 0.480 e. The monoisotopic (exact) mass is 333 g/mol. The Balaban J connectivity index is 2.33. The van der Waals surface area contributed by atoms with Crippen LogP contribution in [0.4, 0.5) is 0 Å². The minimum absolute atomic E-state index is 0.0189. The maximum Gasteiger partial charge on any atom is 0.318 e. The molecule has 2 rings (SSSR count). The summed E-state index contributed by atoms with van der Waals surface area (Å²) in [5.74, 6) is -1.19. The summed E-state index contributed by atoms with van der Waals surface area (Å²) < 4.78 is 26.4. The van der Waals surface area contributed by atoms with Gasteiger partial charge in [0, 0.05) is 6.54 Å². The first-order valence-corrected chi connectivity index (χ1v) is 8.72. The lowest BCUT2D eigenvalue weighted by molar-refractivity contribution is -0.137. The molecule has 6 heteroatoms. The SMILES string of the molecule is CCc1ccc(S(=O)(=O)N(CC(=O)O)Cc2ccccc2)cc1. The molecule has 0 aliphatic heterocycles. The summed E-state index contributed by atoms with van der Waals surface area (Å²) in [7, 11) is -3.87. The first-order valence-electron chi connectivity index (χ1n) is 7.28. The van der Waals surface area contributed by atoms with Crippen molar-refractivity contribution in [2.75, 3.05) is 6.54 Å². The number of rotatable bonds is 7. The van der Waals surface area contributed by atoms with E-state index in [1.165, 1.54) is 12.1 Å². The molecule has 0 atom stereocenters. The third kappa shape index (κ3) is 4.40. The quantitative estimate of drug-likeness (QED) is 0.845. The number of hydrogen-bond donors (Lipinski definition) is 1. The zero-order chi connectivity index (χ0) is 16.9. The molecule has 0 aromatic heterocycles. The first-order chi connectivity index (χ1) is 10.9. The Morgan fingerprint density at radius 1 is 1.00 bits per heavy atom. The number of aryl methyl sites for hydroxylation is 1. The van der Waals surface area contributed by atoms with E-state index in [2.05, 4.69) is 0 Å². The smallest absolute Gasteiger partial charge is 0.318 e. The van der Waals surface area contributed by atoms with Crippen LogP contribution in [-0.2, 0) is 27.8 Å². The number of carboxylic acid groups (broad SMARTS) is 1. The van der Waals surface area contributed by atoms with Crippen LogP contribution in [0, 0.1) is 0 Å². The fourth-order valence-corrected chi connectivity index (χ4v) is 3.59. The highest BCUT2D eigenvalue weighted by Gasteiger charge is 2.26. The topological polar surface area (TPSA) is 74.7 Å². The van der Waals surface area contributed by atoms with Gasteiger partial charge in [-0.15, -0.1) is 0 Å². The van der Waals surface area contributed by atoms with Gasteiger partial charge in [-0.25, -0.2) is 8.42 Å². The average Bonchev–Trinajstić information content (AvgIpc) is 2.55. The minimum Gasteiger partial charge on any atom is -0.480 e. The Morgan fingerprint density at radius 3 is 2.13 bits per heavy atom. The highest BCUT2D eigenvalue weighted by molar-refractivity contribution is 7.89. The molecule has 0 heterocycles. The van der Waals surface area contributed by atoms with Gasteiger partial charge in [0.2, 0.25) is 10.0 Å². The lowest BCUT2D eigenvalue weighted by Crippen LogP contribution is -2.35. The van der Waals surface area contributed by atoms with Crippen molar-refractivity contribution in [1.29, 1.82) is 0 Å². The molecule has 0 radical (unpaired) electrons. The summed E-state index contributed by atoms with van der Waals surface area (Å²) in [6, 6.07) is 15.5. The van der Waals surface area contributed by atoms with E-state index in [0.717, 1.165) is 21.9 Å². The predicted molar refractivity (Wildman–Crippen MR) is 87.5 cm³/mol. The normalized spacial score (nSPS) is 11.6. The van der Waals surface area contributed by atoms with Gasteiger partial charge in [-0.2, -0.15) is 4.31 Å². The van der Waals surface area contributed by atoms with Crippen LogP contribution in [0.25, 0.3) is 0 Å². The Labute approximate surface area is 136 Å². The minimum atomic E-state index is -3.87. The molecule has 0 saturated heterocycles. The number of benzene rings is 2. The highest BCUT2D eigenvalue weighted by Crippen LogP contribution is 2.19. The molecule has 0 saturated carbocycles. The van der Waals surface area contributed by atoms with Crippen LogP contribution in [0.1, 0.15) is 18.1 Å². The number of aliphatic carboxylic acids is 1. The van der Waals surface area contributed by atoms with E-state index in [9.17, 15) is 13.2 Å². The van der Waals surface area contributed by atoms with Crippen molar-refractivity contribution in [2.24, 2.45) is 0 Å². The van der Waals surface area contributed by atoms with Crippen LogP contribution >= 0.6 is 0 Å². The molecule has 23 heavy (non-hydrogen) atoms. The van der Waals surface area contributed by atoms with Gasteiger partial charge in [0.15, 0.2) is 0 Å². The van der Waals surface area contributed by atoms with Gasteiger partial charge in [0.05, 0.1) is 4.90 Å². The van der Waals surface area contributed by atoms with E-state index in [1.54, 1.807) is 36.4 Å². The van der Waals surface area contributed by atoms with E-state index in [1.807, 2.05) is 13.0 Å². The molecule has 2 aromatic rings. The molecule has 0 aliphatic carbocycles.